The van der Waals surface area contributed by atoms with E-state index >= 15 is 0 Å². The number of hydrogen-bond acceptors (Lipinski definition) is 1. The second kappa shape index (κ2) is 5.74. The topological polar surface area (TPSA) is 41.6 Å². The fourth-order valence-corrected chi connectivity index (χ4v) is 3.72. The van der Waals surface area contributed by atoms with Gasteiger partial charge >= 0.3 is 0 Å². The monoisotopic (exact) mass is 237 g/mol. The molecular formula is C14H27N3. The fraction of sp³-hybridized carbons (Fsp3) is 0.929. The molecule has 2 fully saturated rings. The first kappa shape index (κ1) is 12.7. The summed E-state index contributed by atoms with van der Waals surface area (Å²) in [5.41, 5.74) is 5.98. The predicted octanol–water partition coefficient (Wildman–Crippen LogP) is 2.47. The number of rotatable bonds is 5. The summed E-state index contributed by atoms with van der Waals surface area (Å²) in [6, 6.07) is 0. The van der Waals surface area contributed by atoms with Gasteiger partial charge in [-0.1, -0.05) is 6.42 Å². The summed E-state index contributed by atoms with van der Waals surface area (Å²) < 4.78 is 0. The van der Waals surface area contributed by atoms with E-state index in [2.05, 4.69) is 23.7 Å². The molecule has 2 saturated carbocycles. The smallest absolute Gasteiger partial charge is 0.191 e. The van der Waals surface area contributed by atoms with Crippen LogP contribution in [-0.4, -0.2) is 30.5 Å². The summed E-state index contributed by atoms with van der Waals surface area (Å²) in [7, 11) is 0. The minimum absolute atomic E-state index is 0.734. The molecule has 0 aromatic carbocycles. The van der Waals surface area contributed by atoms with E-state index in [0.717, 1.165) is 43.3 Å². The second-order valence-corrected chi connectivity index (χ2v) is 5.64. The van der Waals surface area contributed by atoms with E-state index in [9.17, 15) is 0 Å². The second-order valence-electron chi connectivity index (χ2n) is 5.64. The molecule has 0 spiro atoms. The number of nitrogens with two attached hydrogens (primary N) is 1. The largest absolute Gasteiger partial charge is 0.370 e. The molecule has 2 rings (SSSR count). The lowest BCUT2D eigenvalue weighted by molar-refractivity contribution is 0.318. The van der Waals surface area contributed by atoms with Gasteiger partial charge in [-0.2, -0.15) is 0 Å². The van der Waals surface area contributed by atoms with E-state index in [1.165, 1.54) is 32.1 Å². The van der Waals surface area contributed by atoms with Crippen LogP contribution in [0.25, 0.3) is 0 Å². The van der Waals surface area contributed by atoms with Crippen molar-refractivity contribution >= 4 is 5.96 Å². The first-order chi connectivity index (χ1) is 8.24. The van der Waals surface area contributed by atoms with Crippen molar-refractivity contribution in [1.82, 2.24) is 4.90 Å². The van der Waals surface area contributed by atoms with Gasteiger partial charge in [0.15, 0.2) is 5.96 Å². The van der Waals surface area contributed by atoms with Gasteiger partial charge in [0.05, 0.1) is 0 Å². The summed E-state index contributed by atoms with van der Waals surface area (Å²) in [6.45, 7) is 7.10. The van der Waals surface area contributed by atoms with Crippen molar-refractivity contribution in [2.45, 2.75) is 46.0 Å². The highest BCUT2D eigenvalue weighted by molar-refractivity contribution is 5.77. The predicted molar refractivity (Wildman–Crippen MR) is 73.0 cm³/mol. The fourth-order valence-electron chi connectivity index (χ4n) is 3.72. The average molecular weight is 237 g/mol. The van der Waals surface area contributed by atoms with Crippen LogP contribution in [-0.2, 0) is 0 Å². The van der Waals surface area contributed by atoms with Crippen LogP contribution in [0.5, 0.6) is 0 Å². The minimum atomic E-state index is 0.734. The molecule has 0 aromatic heterocycles. The summed E-state index contributed by atoms with van der Waals surface area (Å²) in [5.74, 6) is 3.75. The standard InChI is InChI=1S/C14H27N3/c1-3-17(4-2)14(15)16-8-7-13-10-11-5-6-12(13)9-11/h11-13H,3-10H2,1-2H3,(H2,15,16). The summed E-state index contributed by atoms with van der Waals surface area (Å²) in [4.78, 5) is 6.66. The Morgan fingerprint density at radius 1 is 1.24 bits per heavy atom. The van der Waals surface area contributed by atoms with Crippen LogP contribution in [0.4, 0.5) is 0 Å². The summed E-state index contributed by atoms with van der Waals surface area (Å²) in [5, 5.41) is 0. The SMILES string of the molecule is CCN(CC)C(N)=NCCC1CC2CCC1C2. The van der Waals surface area contributed by atoms with Crippen molar-refractivity contribution in [2.24, 2.45) is 28.5 Å². The van der Waals surface area contributed by atoms with Gasteiger partial charge in [0.25, 0.3) is 0 Å². The van der Waals surface area contributed by atoms with Crippen LogP contribution in [0.15, 0.2) is 4.99 Å². The number of aliphatic imine (C=N–C) groups is 1. The van der Waals surface area contributed by atoms with Gasteiger partial charge in [0.1, 0.15) is 0 Å². The van der Waals surface area contributed by atoms with Crippen molar-refractivity contribution in [2.75, 3.05) is 19.6 Å². The van der Waals surface area contributed by atoms with Crippen LogP contribution >= 0.6 is 0 Å². The number of hydrogen-bond donors (Lipinski definition) is 1. The van der Waals surface area contributed by atoms with Gasteiger partial charge in [0, 0.05) is 19.6 Å². The Morgan fingerprint density at radius 2 is 2.00 bits per heavy atom. The highest BCUT2D eigenvalue weighted by Crippen LogP contribution is 2.49. The number of fused-ring (bicyclic) bond motifs is 2. The maximum absolute atomic E-state index is 5.98. The van der Waals surface area contributed by atoms with Crippen LogP contribution in [0.1, 0.15) is 46.0 Å². The van der Waals surface area contributed by atoms with E-state index in [1.54, 1.807) is 0 Å². The molecule has 2 N–H and O–H groups in total. The summed E-state index contributed by atoms with van der Waals surface area (Å²) in [6.07, 6.45) is 7.19. The van der Waals surface area contributed by atoms with Gasteiger partial charge in [-0.15, -0.1) is 0 Å². The lowest BCUT2D eigenvalue weighted by Crippen LogP contribution is -2.37. The third kappa shape index (κ3) is 2.93. The van der Waals surface area contributed by atoms with Gasteiger partial charge in [0.2, 0.25) is 0 Å². The van der Waals surface area contributed by atoms with Crippen molar-refractivity contribution in [3.8, 4) is 0 Å². The number of nitrogens with zero attached hydrogens (tertiary/aromatic N) is 2. The number of guanidine groups is 1. The van der Waals surface area contributed by atoms with Crippen molar-refractivity contribution in [3.05, 3.63) is 0 Å². The third-order valence-electron chi connectivity index (χ3n) is 4.75. The minimum Gasteiger partial charge on any atom is -0.370 e. The van der Waals surface area contributed by atoms with Crippen LogP contribution in [0.2, 0.25) is 0 Å². The first-order valence-electron chi connectivity index (χ1n) is 7.29. The molecule has 0 radical (unpaired) electrons. The van der Waals surface area contributed by atoms with Crippen molar-refractivity contribution < 1.29 is 0 Å². The van der Waals surface area contributed by atoms with Gasteiger partial charge in [-0.25, -0.2) is 0 Å². The maximum Gasteiger partial charge on any atom is 0.191 e. The molecule has 3 atom stereocenters. The van der Waals surface area contributed by atoms with Crippen LogP contribution in [0.3, 0.4) is 0 Å². The van der Waals surface area contributed by atoms with Gasteiger partial charge in [-0.05, 0) is 57.3 Å². The Bertz CT molecular complexity index is 271. The Labute approximate surface area is 105 Å². The Hall–Kier alpha value is -0.730. The molecule has 0 aromatic rings. The van der Waals surface area contributed by atoms with E-state index < -0.39 is 0 Å². The van der Waals surface area contributed by atoms with E-state index in [4.69, 9.17) is 5.73 Å². The third-order valence-corrected chi connectivity index (χ3v) is 4.75. The summed E-state index contributed by atoms with van der Waals surface area (Å²) >= 11 is 0. The molecule has 0 heterocycles. The Balaban J connectivity index is 1.73. The highest BCUT2D eigenvalue weighted by Gasteiger charge is 2.38. The zero-order valence-corrected chi connectivity index (χ0v) is 11.4. The highest BCUT2D eigenvalue weighted by atomic mass is 15.2. The zero-order valence-electron chi connectivity index (χ0n) is 11.4. The Kier molecular flexibility index (Phi) is 4.30. The molecule has 3 heteroatoms. The zero-order chi connectivity index (χ0) is 12.3. The molecule has 98 valence electrons. The quantitative estimate of drug-likeness (QED) is 0.589. The average Bonchev–Trinajstić information content (AvgIpc) is 2.92. The van der Waals surface area contributed by atoms with Crippen LogP contribution in [0, 0.1) is 17.8 Å². The molecule has 2 aliphatic carbocycles. The molecule has 17 heavy (non-hydrogen) atoms. The molecular weight excluding hydrogens is 210 g/mol. The molecule has 3 unspecified atom stereocenters. The van der Waals surface area contributed by atoms with Gasteiger partial charge < -0.3 is 10.6 Å². The van der Waals surface area contributed by atoms with Crippen LogP contribution < -0.4 is 5.73 Å². The van der Waals surface area contributed by atoms with Crippen molar-refractivity contribution in [1.29, 1.82) is 0 Å². The molecule has 2 bridgehead atoms. The van der Waals surface area contributed by atoms with E-state index in [1.807, 2.05) is 0 Å². The molecule has 0 amide bonds. The molecule has 0 aliphatic heterocycles. The first-order valence-corrected chi connectivity index (χ1v) is 7.29. The van der Waals surface area contributed by atoms with Crippen molar-refractivity contribution in [3.63, 3.8) is 0 Å². The lowest BCUT2D eigenvalue weighted by Gasteiger charge is -2.22. The maximum atomic E-state index is 5.98. The Morgan fingerprint density at radius 3 is 2.53 bits per heavy atom. The lowest BCUT2D eigenvalue weighted by atomic mass is 9.86. The normalized spacial score (nSPS) is 32.1. The van der Waals surface area contributed by atoms with E-state index in [0.29, 0.717) is 0 Å². The molecule has 0 saturated heterocycles. The van der Waals surface area contributed by atoms with Gasteiger partial charge in [-0.3, -0.25) is 4.99 Å². The molecule has 3 nitrogen and oxygen atoms in total. The molecule has 2 aliphatic rings. The van der Waals surface area contributed by atoms with E-state index in [-0.39, 0.29) is 0 Å².